The van der Waals surface area contributed by atoms with E-state index in [9.17, 15) is 4.79 Å². The normalized spacial score (nSPS) is 18.6. The number of hydrogen-bond acceptors (Lipinski definition) is 4. The first-order chi connectivity index (χ1) is 9.76. The van der Waals surface area contributed by atoms with Crippen molar-refractivity contribution in [2.45, 2.75) is 19.5 Å². The van der Waals surface area contributed by atoms with Crippen LogP contribution in [0.15, 0.2) is 24.3 Å². The number of ether oxygens (including phenoxy) is 1. The lowest BCUT2D eigenvalue weighted by atomic mass is 10.1. The van der Waals surface area contributed by atoms with E-state index < -0.39 is 0 Å². The standard InChI is InChI=1S/C15H22N2O2S/c1-3-9-19-13-6-4-12(5-7-13)15-16-11-14(18)17(15)8-10-20-2/h4-7,15-16H,3,8-11H2,1-2H3. The fourth-order valence-electron chi connectivity index (χ4n) is 2.25. The van der Waals surface area contributed by atoms with Crippen LogP contribution >= 0.6 is 11.8 Å². The van der Waals surface area contributed by atoms with Gasteiger partial charge in [0, 0.05) is 12.3 Å². The van der Waals surface area contributed by atoms with E-state index in [0.717, 1.165) is 36.6 Å². The average molecular weight is 294 g/mol. The highest BCUT2D eigenvalue weighted by Crippen LogP contribution is 2.24. The van der Waals surface area contributed by atoms with E-state index in [0.29, 0.717) is 6.54 Å². The number of thioether (sulfide) groups is 1. The Morgan fingerprint density at radius 2 is 2.15 bits per heavy atom. The van der Waals surface area contributed by atoms with Crippen LogP contribution in [-0.4, -0.2) is 42.5 Å². The van der Waals surface area contributed by atoms with Crippen molar-refractivity contribution in [3.63, 3.8) is 0 Å². The monoisotopic (exact) mass is 294 g/mol. The van der Waals surface area contributed by atoms with Crippen LogP contribution in [0.3, 0.4) is 0 Å². The second kappa shape index (κ2) is 7.55. The minimum absolute atomic E-state index is 0.00475. The fraction of sp³-hybridized carbons (Fsp3) is 0.533. The fourth-order valence-corrected chi connectivity index (χ4v) is 2.63. The van der Waals surface area contributed by atoms with Crippen LogP contribution in [-0.2, 0) is 4.79 Å². The summed E-state index contributed by atoms with van der Waals surface area (Å²) in [6.07, 6.45) is 3.06. The molecule has 1 unspecified atom stereocenters. The summed E-state index contributed by atoms with van der Waals surface area (Å²) in [6, 6.07) is 8.02. The van der Waals surface area contributed by atoms with Gasteiger partial charge in [0.05, 0.1) is 13.2 Å². The Bertz CT molecular complexity index is 436. The third-order valence-corrected chi connectivity index (χ3v) is 3.87. The number of amides is 1. The predicted molar refractivity (Wildman–Crippen MR) is 83.1 cm³/mol. The minimum Gasteiger partial charge on any atom is -0.494 e. The van der Waals surface area contributed by atoms with Crippen molar-refractivity contribution in [3.05, 3.63) is 29.8 Å². The SMILES string of the molecule is CCCOc1ccc(C2NCC(=O)N2CCSC)cc1. The molecule has 1 amide bonds. The Labute approximate surface area is 124 Å². The maximum Gasteiger partial charge on any atom is 0.238 e. The lowest BCUT2D eigenvalue weighted by Crippen LogP contribution is -2.32. The molecule has 0 aliphatic carbocycles. The molecule has 0 bridgehead atoms. The van der Waals surface area contributed by atoms with E-state index in [1.165, 1.54) is 0 Å². The third-order valence-electron chi connectivity index (χ3n) is 3.28. The molecule has 0 spiro atoms. The van der Waals surface area contributed by atoms with Gasteiger partial charge in [-0.15, -0.1) is 0 Å². The van der Waals surface area contributed by atoms with Crippen LogP contribution < -0.4 is 10.1 Å². The first-order valence-corrected chi connectivity index (χ1v) is 8.40. The van der Waals surface area contributed by atoms with Crippen LogP contribution in [0.5, 0.6) is 5.75 Å². The summed E-state index contributed by atoms with van der Waals surface area (Å²) in [7, 11) is 0. The smallest absolute Gasteiger partial charge is 0.238 e. The molecule has 1 aliphatic heterocycles. The molecule has 1 fully saturated rings. The number of nitrogens with zero attached hydrogens (tertiary/aromatic N) is 1. The molecule has 0 radical (unpaired) electrons. The van der Waals surface area contributed by atoms with E-state index >= 15 is 0 Å². The highest BCUT2D eigenvalue weighted by molar-refractivity contribution is 7.98. The number of carbonyl (C=O) groups is 1. The molecule has 1 heterocycles. The van der Waals surface area contributed by atoms with Crippen LogP contribution in [0.1, 0.15) is 25.1 Å². The van der Waals surface area contributed by atoms with Crippen molar-refractivity contribution in [1.29, 1.82) is 0 Å². The maximum atomic E-state index is 11.9. The quantitative estimate of drug-likeness (QED) is 0.837. The van der Waals surface area contributed by atoms with Crippen LogP contribution in [0, 0.1) is 0 Å². The molecule has 1 N–H and O–H groups in total. The van der Waals surface area contributed by atoms with Gasteiger partial charge in [0.2, 0.25) is 5.91 Å². The summed E-state index contributed by atoms with van der Waals surface area (Å²) in [4.78, 5) is 13.8. The molecule has 5 heteroatoms. The summed E-state index contributed by atoms with van der Waals surface area (Å²) < 4.78 is 5.58. The number of benzene rings is 1. The zero-order chi connectivity index (χ0) is 14.4. The Morgan fingerprint density at radius 1 is 1.40 bits per heavy atom. The van der Waals surface area contributed by atoms with Gasteiger partial charge in [-0.2, -0.15) is 11.8 Å². The predicted octanol–water partition coefficient (Wildman–Crippen LogP) is 2.27. The second-order valence-electron chi connectivity index (χ2n) is 4.78. The molecule has 1 atom stereocenters. The molecule has 1 aromatic rings. The van der Waals surface area contributed by atoms with Gasteiger partial charge in [0.15, 0.2) is 0 Å². The molecule has 0 aromatic heterocycles. The van der Waals surface area contributed by atoms with Gasteiger partial charge in [0.25, 0.3) is 0 Å². The number of carbonyl (C=O) groups excluding carboxylic acids is 1. The molecule has 2 rings (SSSR count). The van der Waals surface area contributed by atoms with Crippen molar-refractivity contribution in [2.24, 2.45) is 0 Å². The first kappa shape index (κ1) is 15.2. The van der Waals surface area contributed by atoms with Crippen LogP contribution in [0.2, 0.25) is 0 Å². The summed E-state index contributed by atoms with van der Waals surface area (Å²) in [5.74, 6) is 2.02. The van der Waals surface area contributed by atoms with Gasteiger partial charge in [0.1, 0.15) is 11.9 Å². The number of rotatable bonds is 7. The van der Waals surface area contributed by atoms with Gasteiger partial charge in [-0.25, -0.2) is 0 Å². The molecule has 0 saturated carbocycles. The van der Waals surface area contributed by atoms with Gasteiger partial charge in [-0.05, 0) is 30.4 Å². The summed E-state index contributed by atoms with van der Waals surface area (Å²) in [5.41, 5.74) is 1.11. The van der Waals surface area contributed by atoms with Crippen molar-refractivity contribution < 1.29 is 9.53 Å². The topological polar surface area (TPSA) is 41.6 Å². The van der Waals surface area contributed by atoms with E-state index in [2.05, 4.69) is 18.5 Å². The molecular weight excluding hydrogens is 272 g/mol. The third kappa shape index (κ3) is 3.67. The summed E-state index contributed by atoms with van der Waals surface area (Å²) in [5, 5.41) is 3.27. The van der Waals surface area contributed by atoms with Crippen molar-refractivity contribution in [1.82, 2.24) is 10.2 Å². The van der Waals surface area contributed by atoms with Crippen molar-refractivity contribution >= 4 is 17.7 Å². The maximum absolute atomic E-state index is 11.9. The van der Waals surface area contributed by atoms with Crippen LogP contribution in [0.4, 0.5) is 0 Å². The summed E-state index contributed by atoms with van der Waals surface area (Å²) in [6.45, 7) is 4.03. The molecule has 4 nitrogen and oxygen atoms in total. The summed E-state index contributed by atoms with van der Waals surface area (Å²) >= 11 is 1.76. The van der Waals surface area contributed by atoms with E-state index in [4.69, 9.17) is 4.74 Å². The molecule has 1 saturated heterocycles. The molecular formula is C15H22N2O2S. The van der Waals surface area contributed by atoms with E-state index in [1.807, 2.05) is 29.2 Å². The highest BCUT2D eigenvalue weighted by Gasteiger charge is 2.30. The zero-order valence-corrected chi connectivity index (χ0v) is 12.9. The molecule has 110 valence electrons. The Morgan fingerprint density at radius 3 is 2.80 bits per heavy atom. The van der Waals surface area contributed by atoms with E-state index in [1.54, 1.807) is 11.8 Å². The number of nitrogens with one attached hydrogen (secondary N) is 1. The molecule has 1 aliphatic rings. The largest absolute Gasteiger partial charge is 0.494 e. The second-order valence-corrected chi connectivity index (χ2v) is 5.77. The average Bonchev–Trinajstić information content (AvgIpc) is 2.84. The van der Waals surface area contributed by atoms with Gasteiger partial charge in [-0.1, -0.05) is 19.1 Å². The lowest BCUT2D eigenvalue weighted by molar-refractivity contribution is -0.127. The number of hydrogen-bond donors (Lipinski definition) is 1. The van der Waals surface area contributed by atoms with Gasteiger partial charge >= 0.3 is 0 Å². The zero-order valence-electron chi connectivity index (χ0n) is 12.1. The Balaban J connectivity index is 2.03. The Kier molecular flexibility index (Phi) is 5.73. The van der Waals surface area contributed by atoms with Crippen molar-refractivity contribution in [3.8, 4) is 5.75 Å². The highest BCUT2D eigenvalue weighted by atomic mass is 32.2. The minimum atomic E-state index is -0.00475. The van der Waals surface area contributed by atoms with E-state index in [-0.39, 0.29) is 12.1 Å². The van der Waals surface area contributed by atoms with Gasteiger partial charge < -0.3 is 9.64 Å². The van der Waals surface area contributed by atoms with Gasteiger partial charge in [-0.3, -0.25) is 10.1 Å². The first-order valence-electron chi connectivity index (χ1n) is 7.00. The molecule has 1 aromatic carbocycles. The lowest BCUT2D eigenvalue weighted by Gasteiger charge is -2.24. The van der Waals surface area contributed by atoms with Crippen molar-refractivity contribution in [2.75, 3.05) is 31.7 Å². The van der Waals surface area contributed by atoms with Crippen LogP contribution in [0.25, 0.3) is 0 Å². The molecule has 20 heavy (non-hydrogen) atoms. The Hall–Kier alpha value is -1.20.